The van der Waals surface area contributed by atoms with Crippen molar-refractivity contribution in [3.8, 4) is 0 Å². The second-order valence-electron chi connectivity index (χ2n) is 6.38. The molecule has 2 aliphatic rings. The molecule has 1 saturated heterocycles. The van der Waals surface area contributed by atoms with Crippen molar-refractivity contribution in [3.63, 3.8) is 0 Å². The van der Waals surface area contributed by atoms with E-state index in [-0.39, 0.29) is 11.9 Å². The molecule has 1 saturated carbocycles. The molecule has 0 aromatic carbocycles. The number of H-pyrrole nitrogens is 1. The number of ether oxygens (including phenoxy) is 1. The highest BCUT2D eigenvalue weighted by atomic mass is 16.5. The molecular formula is C16H26N4O2. The van der Waals surface area contributed by atoms with Gasteiger partial charge in [0.15, 0.2) is 5.82 Å². The molecular weight excluding hydrogens is 280 g/mol. The number of anilines is 1. The van der Waals surface area contributed by atoms with Gasteiger partial charge in [-0.15, -0.1) is 0 Å². The Hall–Kier alpha value is -1.40. The van der Waals surface area contributed by atoms with Gasteiger partial charge in [-0.2, -0.15) is 5.10 Å². The average Bonchev–Trinajstić information content (AvgIpc) is 2.82. The zero-order valence-electron chi connectivity index (χ0n) is 13.1. The predicted octanol–water partition coefficient (Wildman–Crippen LogP) is 2.16. The molecule has 1 aliphatic carbocycles. The molecule has 1 aromatic rings. The number of carbonyl (C=O) groups excluding carboxylic acids is 1. The molecule has 6 nitrogen and oxygen atoms in total. The molecule has 6 heteroatoms. The predicted molar refractivity (Wildman–Crippen MR) is 84.9 cm³/mol. The van der Waals surface area contributed by atoms with Crippen molar-refractivity contribution >= 4 is 11.7 Å². The molecule has 0 spiro atoms. The van der Waals surface area contributed by atoms with Crippen LogP contribution in [0.5, 0.6) is 0 Å². The molecule has 1 unspecified atom stereocenters. The van der Waals surface area contributed by atoms with Crippen LogP contribution in [-0.4, -0.2) is 41.9 Å². The molecule has 22 heavy (non-hydrogen) atoms. The molecule has 2 heterocycles. The second-order valence-corrected chi connectivity index (χ2v) is 6.38. The quantitative estimate of drug-likeness (QED) is 0.745. The van der Waals surface area contributed by atoms with E-state index in [1.807, 2.05) is 6.07 Å². The minimum Gasteiger partial charge on any atom is -0.378 e. The summed E-state index contributed by atoms with van der Waals surface area (Å²) in [6, 6.07) is 2.10. The van der Waals surface area contributed by atoms with Crippen LogP contribution in [-0.2, 0) is 9.53 Å². The van der Waals surface area contributed by atoms with E-state index in [0.717, 1.165) is 18.8 Å². The highest BCUT2D eigenvalue weighted by Gasteiger charge is 2.19. The fraction of sp³-hybridized carbons (Fsp3) is 0.750. The molecule has 0 radical (unpaired) electrons. The Bertz CT molecular complexity index is 474. The molecule has 3 N–H and O–H groups in total. The van der Waals surface area contributed by atoms with Crippen LogP contribution in [0.2, 0.25) is 0 Å². The summed E-state index contributed by atoms with van der Waals surface area (Å²) in [5.74, 6) is 1.19. The lowest BCUT2D eigenvalue weighted by atomic mass is 9.97. The Kier molecular flexibility index (Phi) is 5.45. The van der Waals surface area contributed by atoms with E-state index in [1.54, 1.807) is 0 Å². The van der Waals surface area contributed by atoms with Crippen LogP contribution in [0.25, 0.3) is 0 Å². The van der Waals surface area contributed by atoms with E-state index in [4.69, 9.17) is 4.74 Å². The van der Waals surface area contributed by atoms with Crippen LogP contribution >= 0.6 is 0 Å². The molecule has 1 aliphatic heterocycles. The summed E-state index contributed by atoms with van der Waals surface area (Å²) < 4.78 is 5.36. The Morgan fingerprint density at radius 2 is 2.14 bits per heavy atom. The van der Waals surface area contributed by atoms with Crippen molar-refractivity contribution in [1.29, 1.82) is 0 Å². The van der Waals surface area contributed by atoms with Crippen LogP contribution in [0.3, 0.4) is 0 Å². The lowest BCUT2D eigenvalue weighted by Gasteiger charge is -2.22. The number of nitrogens with one attached hydrogen (secondary N) is 3. The highest BCUT2D eigenvalue weighted by molar-refractivity contribution is 5.90. The summed E-state index contributed by atoms with van der Waals surface area (Å²) in [5.41, 5.74) is 1.16. The molecule has 1 aromatic heterocycles. The molecule has 122 valence electrons. The van der Waals surface area contributed by atoms with E-state index in [9.17, 15) is 4.79 Å². The van der Waals surface area contributed by atoms with Gasteiger partial charge in [-0.3, -0.25) is 9.89 Å². The van der Waals surface area contributed by atoms with Gasteiger partial charge < -0.3 is 15.4 Å². The molecule has 2 fully saturated rings. The van der Waals surface area contributed by atoms with Crippen molar-refractivity contribution < 1.29 is 9.53 Å². The van der Waals surface area contributed by atoms with Gasteiger partial charge in [0.2, 0.25) is 5.91 Å². The number of morpholine rings is 1. The van der Waals surface area contributed by atoms with E-state index < -0.39 is 0 Å². The second kappa shape index (κ2) is 7.74. The van der Waals surface area contributed by atoms with Gasteiger partial charge >= 0.3 is 0 Å². The largest absolute Gasteiger partial charge is 0.378 e. The van der Waals surface area contributed by atoms with Crippen LogP contribution in [0, 0.1) is 0 Å². The van der Waals surface area contributed by atoms with E-state index in [1.165, 1.54) is 38.5 Å². The molecule has 1 atom stereocenters. The first-order valence-electron chi connectivity index (χ1n) is 8.47. The van der Waals surface area contributed by atoms with Gasteiger partial charge in [0.25, 0.3) is 0 Å². The Balaban J connectivity index is 1.51. The van der Waals surface area contributed by atoms with Crippen LogP contribution in [0.4, 0.5) is 5.82 Å². The Morgan fingerprint density at radius 3 is 2.86 bits per heavy atom. The first-order valence-corrected chi connectivity index (χ1v) is 8.47. The third-order valence-corrected chi connectivity index (χ3v) is 4.59. The Morgan fingerprint density at radius 1 is 1.32 bits per heavy atom. The van der Waals surface area contributed by atoms with Crippen LogP contribution in [0.1, 0.15) is 56.6 Å². The van der Waals surface area contributed by atoms with E-state index in [0.29, 0.717) is 24.8 Å². The van der Waals surface area contributed by atoms with Crippen molar-refractivity contribution in [3.05, 3.63) is 11.8 Å². The smallest absolute Gasteiger partial charge is 0.227 e. The number of aromatic amines is 1. The van der Waals surface area contributed by atoms with Crippen molar-refractivity contribution in [2.45, 2.75) is 56.9 Å². The molecule has 3 rings (SSSR count). The monoisotopic (exact) mass is 306 g/mol. The fourth-order valence-electron chi connectivity index (χ4n) is 3.37. The van der Waals surface area contributed by atoms with E-state index >= 15 is 0 Å². The number of hydrogen-bond acceptors (Lipinski definition) is 4. The van der Waals surface area contributed by atoms with Crippen molar-refractivity contribution in [2.75, 3.05) is 25.1 Å². The lowest BCUT2D eigenvalue weighted by Crippen LogP contribution is -2.43. The normalized spacial score (nSPS) is 23.9. The summed E-state index contributed by atoms with van der Waals surface area (Å²) in [7, 11) is 0. The van der Waals surface area contributed by atoms with Gasteiger partial charge in [0.05, 0.1) is 13.2 Å². The summed E-state index contributed by atoms with van der Waals surface area (Å²) in [5, 5.41) is 13.5. The number of carbonyl (C=O) groups is 1. The SMILES string of the molecule is O=C(CC1COCCN1)Nc1cc(C2CCCCCC2)[nH]n1. The summed E-state index contributed by atoms with van der Waals surface area (Å²) in [6.45, 7) is 2.13. The highest BCUT2D eigenvalue weighted by Crippen LogP contribution is 2.31. The summed E-state index contributed by atoms with van der Waals surface area (Å²) in [4.78, 5) is 12.1. The number of amides is 1. The average molecular weight is 306 g/mol. The van der Waals surface area contributed by atoms with Gasteiger partial charge in [-0.25, -0.2) is 0 Å². The zero-order chi connectivity index (χ0) is 15.2. The maximum atomic E-state index is 12.1. The maximum Gasteiger partial charge on any atom is 0.227 e. The zero-order valence-corrected chi connectivity index (χ0v) is 13.1. The lowest BCUT2D eigenvalue weighted by molar-refractivity contribution is -0.117. The number of rotatable bonds is 4. The van der Waals surface area contributed by atoms with E-state index in [2.05, 4.69) is 20.8 Å². The van der Waals surface area contributed by atoms with Gasteiger partial charge in [-0.1, -0.05) is 25.7 Å². The van der Waals surface area contributed by atoms with Crippen LogP contribution < -0.4 is 10.6 Å². The summed E-state index contributed by atoms with van der Waals surface area (Å²) in [6.07, 6.45) is 8.12. The third kappa shape index (κ3) is 4.30. The topological polar surface area (TPSA) is 79.0 Å². The summed E-state index contributed by atoms with van der Waals surface area (Å²) >= 11 is 0. The third-order valence-electron chi connectivity index (χ3n) is 4.59. The van der Waals surface area contributed by atoms with Gasteiger partial charge in [0.1, 0.15) is 0 Å². The van der Waals surface area contributed by atoms with Gasteiger partial charge in [-0.05, 0) is 12.8 Å². The number of hydrogen-bond donors (Lipinski definition) is 3. The minimum atomic E-state index is -0.0121. The van der Waals surface area contributed by atoms with Crippen molar-refractivity contribution in [2.24, 2.45) is 0 Å². The minimum absolute atomic E-state index is 0.0121. The number of aromatic nitrogens is 2. The van der Waals surface area contributed by atoms with Crippen LogP contribution in [0.15, 0.2) is 6.07 Å². The maximum absolute atomic E-state index is 12.1. The number of nitrogens with zero attached hydrogens (tertiary/aromatic N) is 1. The van der Waals surface area contributed by atoms with Crippen molar-refractivity contribution in [1.82, 2.24) is 15.5 Å². The molecule has 1 amide bonds. The fourth-order valence-corrected chi connectivity index (χ4v) is 3.37. The standard InChI is InChI=1S/C16H26N4O2/c21-16(9-13-11-22-8-7-17-13)18-15-10-14(19-20-15)12-5-3-1-2-4-6-12/h10,12-13,17H,1-9,11H2,(H2,18,19,20,21). The van der Waals surface area contributed by atoms with Gasteiger partial charge in [0, 0.05) is 36.7 Å². The first kappa shape index (κ1) is 15.5. The first-order chi connectivity index (χ1) is 10.8. The molecule has 0 bridgehead atoms. The Labute approximate surface area is 131 Å².